The first kappa shape index (κ1) is 17.5. The molecule has 0 aliphatic rings. The monoisotopic (exact) mass is 306 g/mol. The normalized spacial score (nSPS) is 12.7. The van der Waals surface area contributed by atoms with E-state index in [0.29, 0.717) is 11.1 Å². The second-order valence-electron chi connectivity index (χ2n) is 4.28. The molecule has 0 spiro atoms. The molecule has 1 N–H and O–H groups in total. The Morgan fingerprint density at radius 3 is 2.73 bits per heavy atom. The second-order valence-corrected chi connectivity index (χ2v) is 4.28. The van der Waals surface area contributed by atoms with Gasteiger partial charge in [0.25, 0.3) is 0 Å². The largest absolute Gasteiger partial charge is 0.426 e. The number of rotatable bonds is 4. The Balaban J connectivity index is 0.00000116. The van der Waals surface area contributed by atoms with Gasteiger partial charge in [-0.25, -0.2) is 9.36 Å². The van der Waals surface area contributed by atoms with Crippen molar-refractivity contribution >= 4 is 17.0 Å². The zero-order chi connectivity index (χ0) is 16.7. The predicted octanol–water partition coefficient (Wildman–Crippen LogP) is 2.57. The van der Waals surface area contributed by atoms with E-state index in [-0.39, 0.29) is 6.54 Å². The van der Waals surface area contributed by atoms with Crippen molar-refractivity contribution in [3.05, 3.63) is 45.3 Å². The minimum Gasteiger partial charge on any atom is -0.407 e. The van der Waals surface area contributed by atoms with E-state index in [9.17, 15) is 14.7 Å². The molecule has 2 rings (SSSR count). The Morgan fingerprint density at radius 1 is 1.45 bits per heavy atom. The number of carbonyl (C=O) groups is 1. The number of aliphatic hydroxyl groups is 1. The van der Waals surface area contributed by atoms with E-state index >= 15 is 0 Å². The Hall–Kier alpha value is -2.57. The summed E-state index contributed by atoms with van der Waals surface area (Å²) < 4.78 is 5.83. The first-order chi connectivity index (χ1) is 10.6. The molecule has 1 aromatic carbocycles. The van der Waals surface area contributed by atoms with Crippen LogP contribution in [0.1, 0.15) is 25.6 Å². The quantitative estimate of drug-likeness (QED) is 0.530. The molecular weight excluding hydrogens is 288 g/mol. The van der Waals surface area contributed by atoms with Crippen molar-refractivity contribution < 1.29 is 14.3 Å². The lowest BCUT2D eigenvalue weighted by Gasteiger charge is -2.15. The maximum absolute atomic E-state index is 12.3. The first-order valence-electron chi connectivity index (χ1n) is 6.90. The van der Waals surface area contributed by atoms with Gasteiger partial charge in [-0.15, -0.1) is 0 Å². The molecule has 1 aromatic heterocycles. The number of nitrogens with zero attached hydrogens (tertiary/aromatic N) is 4. The predicted molar refractivity (Wildman–Crippen MR) is 81.6 cm³/mol. The van der Waals surface area contributed by atoms with E-state index in [1.165, 1.54) is 6.92 Å². The van der Waals surface area contributed by atoms with E-state index in [0.717, 1.165) is 4.57 Å². The fourth-order valence-corrected chi connectivity index (χ4v) is 1.82. The van der Waals surface area contributed by atoms with Crippen LogP contribution in [-0.2, 0) is 0 Å². The van der Waals surface area contributed by atoms with Gasteiger partial charge in [0.2, 0.25) is 5.91 Å². The molecule has 0 unspecified atom stereocenters. The Bertz CT molecular complexity index is 743. The molecule has 0 radical (unpaired) electrons. The maximum atomic E-state index is 12.3. The van der Waals surface area contributed by atoms with E-state index in [4.69, 9.17) is 9.95 Å². The minimum absolute atomic E-state index is 0.242. The van der Waals surface area contributed by atoms with E-state index < -0.39 is 23.7 Å². The molecule has 0 saturated carbocycles. The van der Waals surface area contributed by atoms with E-state index in [1.807, 2.05) is 13.8 Å². The second kappa shape index (κ2) is 8.02. The summed E-state index contributed by atoms with van der Waals surface area (Å²) in [5, 5.41) is 13.0. The Kier molecular flexibility index (Phi) is 6.37. The summed E-state index contributed by atoms with van der Waals surface area (Å²) in [6, 6.07) is 6.49. The molecule has 0 fully saturated rings. The van der Waals surface area contributed by atoms with Crippen LogP contribution in [0.5, 0.6) is 0 Å². The number of benzene rings is 1. The fourth-order valence-electron chi connectivity index (χ4n) is 1.82. The molecule has 22 heavy (non-hydrogen) atoms. The number of hydrogen-bond donors (Lipinski definition) is 1. The van der Waals surface area contributed by atoms with Gasteiger partial charge in [0, 0.05) is 4.91 Å². The third-order valence-electron chi connectivity index (χ3n) is 3.01. The van der Waals surface area contributed by atoms with Crippen LogP contribution in [0.4, 0.5) is 0 Å². The molecule has 0 bridgehead atoms. The summed E-state index contributed by atoms with van der Waals surface area (Å²) in [6.07, 6.45) is -1.17. The lowest BCUT2D eigenvalue weighted by molar-refractivity contribution is 0.0648. The SMILES string of the molecule is CC.C[C@H](C(=O)n1c(=O)oc2ccccc21)[C@H](O)CN=[N+]=[N-]. The van der Waals surface area contributed by atoms with Crippen molar-refractivity contribution in [1.29, 1.82) is 0 Å². The van der Waals surface area contributed by atoms with Gasteiger partial charge in [0.1, 0.15) is 0 Å². The van der Waals surface area contributed by atoms with Gasteiger partial charge in [0.05, 0.1) is 24.1 Å². The van der Waals surface area contributed by atoms with E-state index in [1.54, 1.807) is 24.3 Å². The number of aromatic nitrogens is 1. The zero-order valence-electron chi connectivity index (χ0n) is 12.6. The molecule has 8 nitrogen and oxygen atoms in total. The summed E-state index contributed by atoms with van der Waals surface area (Å²) in [7, 11) is 0. The smallest absolute Gasteiger partial charge is 0.407 e. The summed E-state index contributed by atoms with van der Waals surface area (Å²) >= 11 is 0. The highest BCUT2D eigenvalue weighted by Gasteiger charge is 2.26. The highest BCUT2D eigenvalue weighted by Crippen LogP contribution is 2.15. The summed E-state index contributed by atoms with van der Waals surface area (Å²) in [4.78, 5) is 26.5. The van der Waals surface area contributed by atoms with Crippen LogP contribution in [0.2, 0.25) is 0 Å². The van der Waals surface area contributed by atoms with Crippen molar-refractivity contribution in [2.24, 2.45) is 11.0 Å². The number of carbonyl (C=O) groups excluding carboxylic acids is 1. The molecule has 2 atom stereocenters. The summed E-state index contributed by atoms with van der Waals surface area (Å²) in [5.74, 6) is -2.32. The average molecular weight is 306 g/mol. The summed E-state index contributed by atoms with van der Waals surface area (Å²) in [5.41, 5.74) is 8.83. The Morgan fingerprint density at radius 2 is 2.09 bits per heavy atom. The molecule has 118 valence electrons. The van der Waals surface area contributed by atoms with Crippen LogP contribution in [0, 0.1) is 5.92 Å². The maximum Gasteiger partial charge on any atom is 0.426 e. The van der Waals surface area contributed by atoms with Crippen molar-refractivity contribution in [2.45, 2.75) is 26.9 Å². The molecule has 8 heteroatoms. The topological polar surface area (TPSA) is 121 Å². The number of azide groups is 1. The standard InChI is InChI=1S/C12H12N4O4.C2H6/c1-7(9(17)6-14-15-13)11(18)16-8-4-2-3-5-10(8)20-12(16)19;1-2/h2-5,7,9,17H,6H2,1H3;1-2H3/t7-,9+;/m0./s1. The summed E-state index contributed by atoms with van der Waals surface area (Å²) in [6.45, 7) is 5.21. The zero-order valence-corrected chi connectivity index (χ0v) is 12.6. The van der Waals surface area contributed by atoms with Gasteiger partial charge < -0.3 is 9.52 Å². The van der Waals surface area contributed by atoms with Crippen molar-refractivity contribution in [3.63, 3.8) is 0 Å². The van der Waals surface area contributed by atoms with E-state index in [2.05, 4.69) is 10.0 Å². The van der Waals surface area contributed by atoms with Gasteiger partial charge in [0.15, 0.2) is 5.58 Å². The minimum atomic E-state index is -1.17. The number of hydrogen-bond acceptors (Lipinski definition) is 5. The number of aliphatic hydroxyl groups excluding tert-OH is 1. The van der Waals surface area contributed by atoms with Crippen molar-refractivity contribution in [1.82, 2.24) is 4.57 Å². The highest BCUT2D eigenvalue weighted by atomic mass is 16.4. The highest BCUT2D eigenvalue weighted by molar-refractivity contribution is 5.90. The third-order valence-corrected chi connectivity index (χ3v) is 3.01. The van der Waals surface area contributed by atoms with Crippen LogP contribution < -0.4 is 5.76 Å². The van der Waals surface area contributed by atoms with Crippen LogP contribution in [0.3, 0.4) is 0 Å². The van der Waals surface area contributed by atoms with Gasteiger partial charge >= 0.3 is 5.76 Å². The van der Waals surface area contributed by atoms with Gasteiger partial charge in [-0.3, -0.25) is 4.79 Å². The molecule has 0 aliphatic heterocycles. The van der Waals surface area contributed by atoms with Crippen LogP contribution in [0.15, 0.2) is 38.6 Å². The van der Waals surface area contributed by atoms with Gasteiger partial charge in [-0.2, -0.15) is 0 Å². The number of para-hydroxylation sites is 2. The van der Waals surface area contributed by atoms with Gasteiger partial charge in [-0.05, 0) is 17.7 Å². The van der Waals surface area contributed by atoms with Crippen molar-refractivity contribution in [3.8, 4) is 0 Å². The van der Waals surface area contributed by atoms with Crippen LogP contribution >= 0.6 is 0 Å². The van der Waals surface area contributed by atoms with Crippen LogP contribution in [0.25, 0.3) is 21.5 Å². The lowest BCUT2D eigenvalue weighted by Crippen LogP contribution is -2.35. The number of oxazole rings is 1. The number of fused-ring (bicyclic) bond motifs is 1. The van der Waals surface area contributed by atoms with Gasteiger partial charge in [-0.1, -0.05) is 38.0 Å². The molecule has 0 saturated heterocycles. The first-order valence-corrected chi connectivity index (χ1v) is 6.90. The Labute approximate surface area is 126 Å². The third kappa shape index (κ3) is 3.55. The molecule has 1 heterocycles. The van der Waals surface area contributed by atoms with Crippen LogP contribution in [-0.4, -0.2) is 28.2 Å². The fraction of sp³-hybridized carbons (Fsp3) is 0.429. The molecule has 0 aliphatic carbocycles. The average Bonchev–Trinajstić information content (AvgIpc) is 2.88. The molecular formula is C14H18N4O4. The molecule has 2 aromatic rings. The molecule has 0 amide bonds. The lowest BCUT2D eigenvalue weighted by atomic mass is 10.0. The van der Waals surface area contributed by atoms with Crippen molar-refractivity contribution in [2.75, 3.05) is 6.54 Å².